The number of carboxylic acid groups (broad SMARTS) is 1. The molecule has 0 bridgehead atoms. The zero-order valence-corrected chi connectivity index (χ0v) is 7.62. The molecular weight excluding hydrogens is 194 g/mol. The van der Waals surface area contributed by atoms with Gasteiger partial charge in [0.15, 0.2) is 5.37 Å². The highest BCUT2D eigenvalue weighted by Crippen LogP contribution is 2.33. The van der Waals surface area contributed by atoms with Crippen molar-refractivity contribution in [2.45, 2.75) is 24.3 Å². The number of amides is 1. The van der Waals surface area contributed by atoms with Crippen molar-refractivity contribution in [3.05, 3.63) is 0 Å². The number of fused-ring (bicyclic) bond motifs is 1. The molecule has 0 aromatic heterocycles. The summed E-state index contributed by atoms with van der Waals surface area (Å²) in [7, 11) is 0. The SMILES string of the molecule is O=C(O)C1CC[S+]([O-])[C@H]2CC(=O)N12. The third-order valence-corrected chi connectivity index (χ3v) is 4.10. The van der Waals surface area contributed by atoms with Crippen molar-refractivity contribution >= 4 is 23.1 Å². The predicted octanol–water partition coefficient (Wildman–Crippen LogP) is -0.850. The standard InChI is InChI=1S/C7H9NO4S/c9-5-3-6-8(5)4(7(10)11)1-2-13(6)12/h4,6H,1-3H2,(H,10,11)/t4?,6-,13?/m0/s1. The molecule has 0 radical (unpaired) electrons. The lowest BCUT2D eigenvalue weighted by Crippen LogP contribution is -2.66. The van der Waals surface area contributed by atoms with Crippen LogP contribution in [-0.2, 0) is 20.8 Å². The van der Waals surface area contributed by atoms with Crippen LogP contribution in [-0.4, -0.2) is 43.6 Å². The van der Waals surface area contributed by atoms with Crippen LogP contribution in [0.2, 0.25) is 0 Å². The number of carbonyl (C=O) groups excluding carboxylic acids is 1. The zero-order chi connectivity index (χ0) is 9.59. The molecule has 2 aliphatic rings. The highest BCUT2D eigenvalue weighted by Gasteiger charge is 2.53. The maximum atomic E-state index is 11.3. The summed E-state index contributed by atoms with van der Waals surface area (Å²) in [5, 5.41) is 8.44. The molecule has 0 aromatic rings. The van der Waals surface area contributed by atoms with Crippen LogP contribution < -0.4 is 0 Å². The van der Waals surface area contributed by atoms with Crippen LogP contribution >= 0.6 is 0 Å². The number of hydrogen-bond acceptors (Lipinski definition) is 3. The second kappa shape index (κ2) is 2.88. The van der Waals surface area contributed by atoms with E-state index in [1.165, 1.54) is 4.90 Å². The van der Waals surface area contributed by atoms with E-state index in [1.54, 1.807) is 0 Å². The normalized spacial score (nSPS) is 38.1. The average molecular weight is 203 g/mol. The summed E-state index contributed by atoms with van der Waals surface area (Å²) in [5.74, 6) is -0.786. The zero-order valence-electron chi connectivity index (χ0n) is 6.80. The van der Waals surface area contributed by atoms with Gasteiger partial charge in [-0.25, -0.2) is 4.79 Å². The van der Waals surface area contributed by atoms with Crippen molar-refractivity contribution in [3.8, 4) is 0 Å². The monoisotopic (exact) mass is 203 g/mol. The van der Waals surface area contributed by atoms with E-state index >= 15 is 0 Å². The van der Waals surface area contributed by atoms with Crippen LogP contribution in [0.25, 0.3) is 0 Å². The van der Waals surface area contributed by atoms with Gasteiger partial charge in [0.2, 0.25) is 5.91 Å². The van der Waals surface area contributed by atoms with Gasteiger partial charge in [0.05, 0.1) is 6.42 Å². The third-order valence-electron chi connectivity index (χ3n) is 2.46. The molecule has 0 saturated carbocycles. The van der Waals surface area contributed by atoms with Crippen molar-refractivity contribution in [3.63, 3.8) is 0 Å². The molecule has 1 amide bonds. The van der Waals surface area contributed by atoms with Gasteiger partial charge in [-0.2, -0.15) is 0 Å². The van der Waals surface area contributed by atoms with Crippen molar-refractivity contribution in [2.24, 2.45) is 0 Å². The molecule has 72 valence electrons. The smallest absolute Gasteiger partial charge is 0.326 e. The lowest BCUT2D eigenvalue weighted by molar-refractivity contribution is -0.158. The molecule has 3 atom stereocenters. The molecule has 2 unspecified atom stereocenters. The Kier molecular flexibility index (Phi) is 1.96. The fraction of sp³-hybridized carbons (Fsp3) is 0.714. The van der Waals surface area contributed by atoms with Crippen LogP contribution in [0, 0.1) is 0 Å². The molecule has 0 aliphatic carbocycles. The van der Waals surface area contributed by atoms with Crippen LogP contribution in [0.15, 0.2) is 0 Å². The molecular formula is C7H9NO4S. The minimum absolute atomic E-state index is 0.189. The summed E-state index contributed by atoms with van der Waals surface area (Å²) in [5.41, 5.74) is 0. The number of carboxylic acids is 1. The number of rotatable bonds is 1. The largest absolute Gasteiger partial charge is 0.615 e. The first kappa shape index (κ1) is 8.83. The fourth-order valence-electron chi connectivity index (χ4n) is 1.74. The van der Waals surface area contributed by atoms with Crippen LogP contribution in [0.1, 0.15) is 12.8 Å². The van der Waals surface area contributed by atoms with Crippen molar-refractivity contribution in [1.82, 2.24) is 4.90 Å². The number of carbonyl (C=O) groups is 2. The summed E-state index contributed by atoms with van der Waals surface area (Å²) in [6.07, 6.45) is 0.556. The van der Waals surface area contributed by atoms with Gasteiger partial charge in [0.25, 0.3) is 0 Å². The Morgan fingerprint density at radius 2 is 2.38 bits per heavy atom. The van der Waals surface area contributed by atoms with E-state index in [4.69, 9.17) is 5.11 Å². The lowest BCUT2D eigenvalue weighted by atomic mass is 10.1. The van der Waals surface area contributed by atoms with Gasteiger partial charge in [0, 0.05) is 6.42 Å². The Hall–Kier alpha value is -0.750. The Balaban J connectivity index is 2.15. The van der Waals surface area contributed by atoms with E-state index in [-0.39, 0.29) is 17.7 Å². The molecule has 2 heterocycles. The first-order valence-electron chi connectivity index (χ1n) is 4.02. The van der Waals surface area contributed by atoms with Gasteiger partial charge in [0.1, 0.15) is 11.8 Å². The van der Waals surface area contributed by atoms with Crippen LogP contribution in [0.5, 0.6) is 0 Å². The molecule has 2 rings (SSSR count). The quantitative estimate of drug-likeness (QED) is 0.444. The van der Waals surface area contributed by atoms with Crippen LogP contribution in [0.3, 0.4) is 0 Å². The molecule has 1 N–H and O–H groups in total. The van der Waals surface area contributed by atoms with Gasteiger partial charge in [-0.3, -0.25) is 9.69 Å². The van der Waals surface area contributed by atoms with Crippen molar-refractivity contribution in [2.75, 3.05) is 5.75 Å². The van der Waals surface area contributed by atoms with E-state index in [0.717, 1.165) is 0 Å². The first-order chi connectivity index (χ1) is 6.11. The van der Waals surface area contributed by atoms with E-state index in [0.29, 0.717) is 12.2 Å². The number of β-lactam (4-membered cyclic amide) rings is 1. The molecule has 5 nitrogen and oxygen atoms in total. The van der Waals surface area contributed by atoms with Crippen molar-refractivity contribution < 1.29 is 19.2 Å². The topological polar surface area (TPSA) is 80.7 Å². The fourth-order valence-corrected chi connectivity index (χ4v) is 3.31. The van der Waals surface area contributed by atoms with Crippen LogP contribution in [0.4, 0.5) is 0 Å². The van der Waals surface area contributed by atoms with E-state index < -0.39 is 23.2 Å². The predicted molar refractivity (Wildman–Crippen MR) is 44.3 cm³/mol. The molecule has 0 aromatic carbocycles. The van der Waals surface area contributed by atoms with E-state index in [2.05, 4.69) is 0 Å². The third kappa shape index (κ3) is 1.21. The number of aliphatic carboxylic acids is 1. The summed E-state index contributed by atoms with van der Waals surface area (Å²) >= 11 is -1.04. The minimum Gasteiger partial charge on any atom is -0.615 e. The van der Waals surface area contributed by atoms with Gasteiger partial charge >= 0.3 is 5.97 Å². The van der Waals surface area contributed by atoms with Gasteiger partial charge in [-0.15, -0.1) is 0 Å². The molecule has 2 saturated heterocycles. The first-order valence-corrected chi connectivity index (χ1v) is 5.40. The van der Waals surface area contributed by atoms with Gasteiger partial charge < -0.3 is 9.66 Å². The molecule has 0 spiro atoms. The average Bonchev–Trinajstić information content (AvgIpc) is 2.05. The number of hydrogen-bond donors (Lipinski definition) is 1. The summed E-state index contributed by atoms with van der Waals surface area (Å²) in [4.78, 5) is 23.0. The van der Waals surface area contributed by atoms with Gasteiger partial charge in [-0.1, -0.05) is 0 Å². The molecule has 13 heavy (non-hydrogen) atoms. The molecule has 2 fully saturated rings. The Labute approximate surface area is 77.9 Å². The summed E-state index contributed by atoms with van der Waals surface area (Å²) in [6.45, 7) is 0. The maximum Gasteiger partial charge on any atom is 0.326 e. The summed E-state index contributed by atoms with van der Waals surface area (Å²) < 4.78 is 11.3. The second-order valence-electron chi connectivity index (χ2n) is 3.19. The van der Waals surface area contributed by atoms with Crippen molar-refractivity contribution in [1.29, 1.82) is 0 Å². The number of nitrogens with zero attached hydrogens (tertiary/aromatic N) is 1. The van der Waals surface area contributed by atoms with E-state index in [9.17, 15) is 14.1 Å². The minimum atomic E-state index is -1.04. The highest BCUT2D eigenvalue weighted by molar-refractivity contribution is 7.92. The Morgan fingerprint density at radius 3 is 2.92 bits per heavy atom. The van der Waals surface area contributed by atoms with Gasteiger partial charge in [-0.05, 0) is 11.2 Å². The second-order valence-corrected chi connectivity index (χ2v) is 4.90. The maximum absolute atomic E-state index is 11.3. The lowest BCUT2D eigenvalue weighted by Gasteiger charge is -2.46. The summed E-state index contributed by atoms with van der Waals surface area (Å²) in [6, 6.07) is -0.746. The highest BCUT2D eigenvalue weighted by atomic mass is 32.2. The molecule has 2 aliphatic heterocycles. The Bertz CT molecular complexity index is 269. The Morgan fingerprint density at radius 1 is 1.69 bits per heavy atom. The molecule has 6 heteroatoms. The van der Waals surface area contributed by atoms with E-state index in [1.807, 2.05) is 0 Å².